The number of amides is 1. The molecule has 1 aromatic carbocycles. The number of hydrogen-bond acceptors (Lipinski definition) is 4. The van der Waals surface area contributed by atoms with Crippen LogP contribution < -0.4 is 10.1 Å². The smallest absolute Gasteiger partial charge is 0.221 e. The van der Waals surface area contributed by atoms with Gasteiger partial charge in [-0.25, -0.2) is 0 Å². The Bertz CT molecular complexity index is 607. The van der Waals surface area contributed by atoms with Crippen molar-refractivity contribution in [3.63, 3.8) is 0 Å². The third kappa shape index (κ3) is 2.51. The second-order valence-electron chi connectivity index (χ2n) is 5.28. The molecular weight excluding hydrogens is 324 g/mol. The molecule has 0 saturated carbocycles. The Balaban J connectivity index is 2.55. The van der Waals surface area contributed by atoms with Gasteiger partial charge < -0.3 is 15.2 Å². The number of carbonyl (C=O) groups excluding carboxylic acids is 1. The number of nitrogens with zero attached hydrogens (tertiary/aromatic N) is 1. The van der Waals surface area contributed by atoms with Gasteiger partial charge in [0.25, 0.3) is 0 Å². The lowest BCUT2D eigenvalue weighted by molar-refractivity contribution is -0.114. The summed E-state index contributed by atoms with van der Waals surface area (Å²) in [6.07, 6.45) is -0.785. The monoisotopic (exact) mass is 338 g/mol. The number of ether oxygens (including phenoxy) is 1. The van der Waals surface area contributed by atoms with E-state index in [4.69, 9.17) is 10.00 Å². The van der Waals surface area contributed by atoms with Gasteiger partial charge in [0.05, 0.1) is 22.2 Å². The highest BCUT2D eigenvalue weighted by Crippen LogP contribution is 2.45. The summed E-state index contributed by atoms with van der Waals surface area (Å²) in [5.41, 5.74) is 0.612. The van der Waals surface area contributed by atoms with Gasteiger partial charge in [-0.15, -0.1) is 0 Å². The first-order valence-corrected chi connectivity index (χ1v) is 7.04. The second kappa shape index (κ2) is 5.08. The zero-order valence-corrected chi connectivity index (χ0v) is 13.0. The summed E-state index contributed by atoms with van der Waals surface area (Å²) in [6.45, 7) is 5.08. The van der Waals surface area contributed by atoms with Crippen molar-refractivity contribution in [3.8, 4) is 11.8 Å². The average molecular weight is 339 g/mol. The van der Waals surface area contributed by atoms with Crippen LogP contribution in [0, 0.1) is 11.3 Å². The Labute approximate surface area is 125 Å². The van der Waals surface area contributed by atoms with E-state index in [-0.39, 0.29) is 10.7 Å². The molecule has 1 aliphatic heterocycles. The Hall–Kier alpha value is -1.58. The van der Waals surface area contributed by atoms with E-state index in [1.165, 1.54) is 6.92 Å². The third-order valence-electron chi connectivity index (χ3n) is 3.21. The van der Waals surface area contributed by atoms with Gasteiger partial charge in [0, 0.05) is 18.6 Å². The maximum absolute atomic E-state index is 11.2. The summed E-state index contributed by atoms with van der Waals surface area (Å²) in [7, 11) is 0. The van der Waals surface area contributed by atoms with Gasteiger partial charge in [-0.3, -0.25) is 4.79 Å². The predicted octanol–water partition coefficient (Wildman–Crippen LogP) is 2.48. The maximum Gasteiger partial charge on any atom is 0.221 e. The Kier molecular flexibility index (Phi) is 3.76. The molecule has 1 amide bonds. The topological polar surface area (TPSA) is 82.4 Å². The number of nitrogens with one attached hydrogen (secondary N) is 1. The van der Waals surface area contributed by atoms with Crippen LogP contribution in [0.2, 0.25) is 0 Å². The van der Waals surface area contributed by atoms with Gasteiger partial charge in [-0.1, -0.05) is 15.9 Å². The highest BCUT2D eigenvalue weighted by Gasteiger charge is 2.42. The number of halogens is 1. The SMILES string of the molecule is CC(=O)Nc1cc2c(cc1C#N)[C@@H](O)[C@H](Br)C(C)(C)O2. The summed E-state index contributed by atoms with van der Waals surface area (Å²) in [5, 5.41) is 22.1. The second-order valence-corrected chi connectivity index (χ2v) is 6.27. The number of benzene rings is 1. The molecule has 1 heterocycles. The fraction of sp³-hybridized carbons (Fsp3) is 0.429. The molecular formula is C14H15BrN2O3. The average Bonchev–Trinajstić information content (AvgIpc) is 2.35. The fourth-order valence-electron chi connectivity index (χ4n) is 2.18. The van der Waals surface area contributed by atoms with Crippen molar-refractivity contribution in [2.45, 2.75) is 37.3 Å². The first kappa shape index (κ1) is 14.8. The van der Waals surface area contributed by atoms with Crippen LogP contribution in [0.25, 0.3) is 0 Å². The van der Waals surface area contributed by atoms with E-state index in [0.29, 0.717) is 22.6 Å². The lowest BCUT2D eigenvalue weighted by Crippen LogP contribution is -2.45. The van der Waals surface area contributed by atoms with Crippen molar-refractivity contribution in [2.24, 2.45) is 0 Å². The molecule has 5 nitrogen and oxygen atoms in total. The minimum atomic E-state index is -0.785. The molecule has 20 heavy (non-hydrogen) atoms. The van der Waals surface area contributed by atoms with Crippen LogP contribution in [0.3, 0.4) is 0 Å². The number of hydrogen-bond donors (Lipinski definition) is 2. The first-order valence-electron chi connectivity index (χ1n) is 6.13. The summed E-state index contributed by atoms with van der Waals surface area (Å²) in [6, 6.07) is 5.14. The summed E-state index contributed by atoms with van der Waals surface area (Å²) >= 11 is 3.42. The van der Waals surface area contributed by atoms with Crippen LogP contribution in [0.1, 0.15) is 38.0 Å². The molecule has 6 heteroatoms. The van der Waals surface area contributed by atoms with E-state index >= 15 is 0 Å². The molecule has 1 aromatic rings. The molecule has 0 aliphatic carbocycles. The third-order valence-corrected chi connectivity index (χ3v) is 4.82. The first-order chi connectivity index (χ1) is 9.26. The molecule has 0 saturated heterocycles. The normalized spacial score (nSPS) is 23.2. The van der Waals surface area contributed by atoms with E-state index in [1.54, 1.807) is 12.1 Å². The van der Waals surface area contributed by atoms with Crippen LogP contribution in [-0.2, 0) is 4.79 Å². The van der Waals surface area contributed by atoms with Crippen molar-refractivity contribution in [1.29, 1.82) is 5.26 Å². The number of fused-ring (bicyclic) bond motifs is 1. The number of aliphatic hydroxyl groups excluding tert-OH is 1. The van der Waals surface area contributed by atoms with Crippen LogP contribution in [-0.4, -0.2) is 21.4 Å². The van der Waals surface area contributed by atoms with E-state index < -0.39 is 11.7 Å². The molecule has 2 rings (SSSR count). The van der Waals surface area contributed by atoms with Crippen molar-refractivity contribution >= 4 is 27.5 Å². The fourth-order valence-corrected chi connectivity index (χ4v) is 2.56. The van der Waals surface area contributed by atoms with E-state index in [0.717, 1.165) is 0 Å². The standard InChI is InChI=1S/C14H15BrN2O3/c1-7(18)17-10-5-11-9(4-8(10)6-16)12(19)13(15)14(2,3)20-11/h4-5,12-13,19H,1-3H3,(H,17,18)/t12-,13+/m1/s1. The molecule has 2 atom stereocenters. The largest absolute Gasteiger partial charge is 0.486 e. The van der Waals surface area contributed by atoms with Crippen LogP contribution in [0.4, 0.5) is 5.69 Å². The zero-order valence-electron chi connectivity index (χ0n) is 11.4. The molecule has 0 bridgehead atoms. The van der Waals surface area contributed by atoms with Gasteiger partial charge in [0.15, 0.2) is 0 Å². The lowest BCUT2D eigenvalue weighted by atomic mass is 9.90. The quantitative estimate of drug-likeness (QED) is 0.770. The minimum absolute atomic E-state index is 0.268. The number of nitriles is 1. The molecule has 0 fully saturated rings. The van der Waals surface area contributed by atoms with Crippen molar-refractivity contribution < 1.29 is 14.6 Å². The lowest BCUT2D eigenvalue weighted by Gasteiger charge is -2.40. The van der Waals surface area contributed by atoms with Gasteiger partial charge in [-0.2, -0.15) is 5.26 Å². The van der Waals surface area contributed by atoms with Crippen molar-refractivity contribution in [1.82, 2.24) is 0 Å². The van der Waals surface area contributed by atoms with Crippen LogP contribution >= 0.6 is 15.9 Å². The predicted molar refractivity (Wildman–Crippen MR) is 77.8 cm³/mol. The summed E-state index contributed by atoms with van der Waals surface area (Å²) in [4.78, 5) is 10.9. The zero-order chi connectivity index (χ0) is 15.1. The Morgan fingerprint density at radius 3 is 2.75 bits per heavy atom. The van der Waals surface area contributed by atoms with Gasteiger partial charge in [-0.05, 0) is 19.9 Å². The molecule has 0 unspecified atom stereocenters. The number of carbonyl (C=O) groups is 1. The number of anilines is 1. The highest BCUT2D eigenvalue weighted by atomic mass is 79.9. The molecule has 1 aliphatic rings. The van der Waals surface area contributed by atoms with Gasteiger partial charge in [0.1, 0.15) is 17.4 Å². The maximum atomic E-state index is 11.2. The summed E-state index contributed by atoms with van der Waals surface area (Å²) in [5.74, 6) is 0.205. The number of alkyl halides is 1. The van der Waals surface area contributed by atoms with Gasteiger partial charge in [0.2, 0.25) is 5.91 Å². The number of aliphatic hydroxyl groups is 1. The van der Waals surface area contributed by atoms with Crippen molar-refractivity contribution in [3.05, 3.63) is 23.3 Å². The van der Waals surface area contributed by atoms with Crippen LogP contribution in [0.15, 0.2) is 12.1 Å². The Morgan fingerprint density at radius 1 is 1.55 bits per heavy atom. The summed E-state index contributed by atoms with van der Waals surface area (Å²) < 4.78 is 5.86. The van der Waals surface area contributed by atoms with E-state index in [2.05, 4.69) is 21.2 Å². The van der Waals surface area contributed by atoms with Crippen molar-refractivity contribution in [2.75, 3.05) is 5.32 Å². The number of rotatable bonds is 1. The molecule has 0 radical (unpaired) electrons. The van der Waals surface area contributed by atoms with E-state index in [1.807, 2.05) is 19.9 Å². The Morgan fingerprint density at radius 2 is 2.20 bits per heavy atom. The van der Waals surface area contributed by atoms with Gasteiger partial charge >= 0.3 is 0 Å². The minimum Gasteiger partial charge on any atom is -0.486 e. The van der Waals surface area contributed by atoms with E-state index in [9.17, 15) is 9.90 Å². The van der Waals surface area contributed by atoms with Crippen LogP contribution in [0.5, 0.6) is 5.75 Å². The molecule has 2 N–H and O–H groups in total. The molecule has 106 valence electrons. The molecule has 0 spiro atoms. The molecule has 0 aromatic heterocycles. The highest BCUT2D eigenvalue weighted by molar-refractivity contribution is 9.09.